The highest BCUT2D eigenvalue weighted by Gasteiger charge is 2.32. The van der Waals surface area contributed by atoms with E-state index in [9.17, 15) is 5.11 Å². The Morgan fingerprint density at radius 1 is 1.47 bits per heavy atom. The van der Waals surface area contributed by atoms with Crippen LogP contribution in [0.15, 0.2) is 0 Å². The number of nitrogens with zero attached hydrogens (tertiary/aromatic N) is 2. The topological polar surface area (TPSA) is 47.3 Å². The number of piperidine rings is 1. The minimum absolute atomic E-state index is 0.0730. The van der Waals surface area contributed by atoms with E-state index in [1.54, 1.807) is 0 Å². The maximum atomic E-state index is 9.44. The second kappa shape index (κ2) is 5.84. The number of likely N-dealkylation sites (tertiary alicyclic amines) is 1. The molecule has 0 saturated carbocycles. The molecular weight excluding hydrogens is 212 g/mol. The normalized spacial score (nSPS) is 26.8. The minimum atomic E-state index is 0.0730. The van der Waals surface area contributed by atoms with Crippen LogP contribution in [-0.4, -0.2) is 36.2 Å². The van der Waals surface area contributed by atoms with Gasteiger partial charge in [0.1, 0.15) is 0 Å². The van der Waals surface area contributed by atoms with Gasteiger partial charge in [0.25, 0.3) is 0 Å². The molecule has 0 aromatic carbocycles. The van der Waals surface area contributed by atoms with E-state index in [4.69, 9.17) is 5.26 Å². The van der Waals surface area contributed by atoms with Crippen LogP contribution in [0.1, 0.15) is 46.5 Å². The fourth-order valence-electron chi connectivity index (χ4n) is 2.77. The van der Waals surface area contributed by atoms with E-state index in [1.807, 2.05) is 0 Å². The van der Waals surface area contributed by atoms with Crippen molar-refractivity contribution < 1.29 is 5.11 Å². The molecule has 1 atom stereocenters. The lowest BCUT2D eigenvalue weighted by Crippen LogP contribution is -2.46. The van der Waals surface area contributed by atoms with Gasteiger partial charge in [-0.05, 0) is 31.2 Å². The van der Waals surface area contributed by atoms with Crippen LogP contribution >= 0.6 is 0 Å². The molecule has 1 aliphatic rings. The van der Waals surface area contributed by atoms with Crippen LogP contribution in [0, 0.1) is 22.2 Å². The van der Waals surface area contributed by atoms with Gasteiger partial charge in [-0.15, -0.1) is 0 Å². The molecule has 3 heteroatoms. The molecule has 17 heavy (non-hydrogen) atoms. The third-order valence-corrected chi connectivity index (χ3v) is 3.81. The number of hydrogen-bond donors (Lipinski definition) is 1. The van der Waals surface area contributed by atoms with Gasteiger partial charge in [0.15, 0.2) is 0 Å². The Hall–Kier alpha value is -0.590. The zero-order chi connectivity index (χ0) is 12.9. The molecule has 1 rings (SSSR count). The molecule has 0 radical (unpaired) electrons. The predicted octanol–water partition coefficient (Wildman–Crippen LogP) is 2.41. The van der Waals surface area contributed by atoms with Gasteiger partial charge in [-0.2, -0.15) is 5.26 Å². The smallest absolute Gasteiger partial charge is 0.0621 e. The molecule has 0 bridgehead atoms. The minimum Gasteiger partial charge on any atom is -0.396 e. The summed E-state index contributed by atoms with van der Waals surface area (Å²) in [6.45, 7) is 10.1. The first-order chi connectivity index (χ1) is 7.91. The van der Waals surface area contributed by atoms with Gasteiger partial charge >= 0.3 is 0 Å². The Labute approximate surface area is 105 Å². The summed E-state index contributed by atoms with van der Waals surface area (Å²) in [5, 5.41) is 18.1. The van der Waals surface area contributed by atoms with Crippen LogP contribution in [0.25, 0.3) is 0 Å². The fourth-order valence-corrected chi connectivity index (χ4v) is 2.77. The summed E-state index contributed by atoms with van der Waals surface area (Å²) in [5.41, 5.74) is 0.271. The summed E-state index contributed by atoms with van der Waals surface area (Å²) in [7, 11) is 0. The zero-order valence-electron chi connectivity index (χ0n) is 11.5. The van der Waals surface area contributed by atoms with Crippen molar-refractivity contribution in [2.24, 2.45) is 10.8 Å². The van der Waals surface area contributed by atoms with Crippen LogP contribution in [0.3, 0.4) is 0 Å². The van der Waals surface area contributed by atoms with Gasteiger partial charge < -0.3 is 10.0 Å². The van der Waals surface area contributed by atoms with Gasteiger partial charge in [-0.3, -0.25) is 0 Å². The third kappa shape index (κ3) is 4.65. The number of rotatable bonds is 5. The average molecular weight is 238 g/mol. The highest BCUT2D eigenvalue weighted by Crippen LogP contribution is 2.32. The third-order valence-electron chi connectivity index (χ3n) is 3.81. The van der Waals surface area contributed by atoms with Crippen LogP contribution in [-0.2, 0) is 0 Å². The van der Waals surface area contributed by atoms with Gasteiger partial charge in [0.2, 0.25) is 0 Å². The lowest BCUT2D eigenvalue weighted by Gasteiger charge is -2.42. The second-order valence-corrected chi connectivity index (χ2v) is 6.61. The molecule has 1 N–H and O–H groups in total. The summed E-state index contributed by atoms with van der Waals surface area (Å²) in [5.74, 6) is 0. The molecule has 1 fully saturated rings. The Bertz CT molecular complexity index is 282. The van der Waals surface area contributed by atoms with E-state index in [2.05, 4.69) is 31.7 Å². The zero-order valence-corrected chi connectivity index (χ0v) is 11.5. The summed E-state index contributed by atoms with van der Waals surface area (Å²) in [4.78, 5) is 2.46. The monoisotopic (exact) mass is 238 g/mol. The van der Waals surface area contributed by atoms with Gasteiger partial charge in [0, 0.05) is 31.5 Å². The molecular formula is C14H26N2O. The van der Waals surface area contributed by atoms with Gasteiger partial charge in [-0.25, -0.2) is 0 Å². The second-order valence-electron chi connectivity index (χ2n) is 6.61. The molecule has 1 unspecified atom stereocenters. The summed E-state index contributed by atoms with van der Waals surface area (Å²) in [6, 6.07) is 2.23. The number of aliphatic hydroxyl groups excluding tert-OH is 1. The molecule has 3 nitrogen and oxygen atoms in total. The van der Waals surface area contributed by atoms with E-state index in [0.29, 0.717) is 6.42 Å². The van der Waals surface area contributed by atoms with Crippen molar-refractivity contribution >= 4 is 0 Å². The van der Waals surface area contributed by atoms with E-state index in [0.717, 1.165) is 32.5 Å². The largest absolute Gasteiger partial charge is 0.396 e. The quantitative estimate of drug-likeness (QED) is 0.800. The lowest BCUT2D eigenvalue weighted by atomic mass is 9.80. The molecule has 1 heterocycles. The van der Waals surface area contributed by atoms with E-state index >= 15 is 0 Å². The predicted molar refractivity (Wildman–Crippen MR) is 69.5 cm³/mol. The number of hydrogen-bond acceptors (Lipinski definition) is 3. The molecule has 0 spiro atoms. The lowest BCUT2D eigenvalue weighted by molar-refractivity contribution is 0.0279. The molecule has 0 aromatic rings. The Morgan fingerprint density at radius 2 is 2.18 bits per heavy atom. The molecule has 98 valence electrons. The van der Waals surface area contributed by atoms with Crippen LogP contribution in [0.5, 0.6) is 0 Å². The van der Waals surface area contributed by atoms with Crippen molar-refractivity contribution in [3.63, 3.8) is 0 Å². The number of nitriles is 1. The Kier molecular flexibility index (Phi) is 4.97. The van der Waals surface area contributed by atoms with Gasteiger partial charge in [0.05, 0.1) is 6.07 Å². The molecule has 0 aromatic heterocycles. The average Bonchev–Trinajstić information content (AvgIpc) is 2.26. The van der Waals surface area contributed by atoms with Gasteiger partial charge in [-0.1, -0.05) is 20.8 Å². The molecule has 1 aliphatic heterocycles. The van der Waals surface area contributed by atoms with Crippen LogP contribution < -0.4 is 0 Å². The first-order valence-corrected chi connectivity index (χ1v) is 6.61. The Balaban J connectivity index is 2.48. The van der Waals surface area contributed by atoms with Crippen molar-refractivity contribution in [3.8, 4) is 6.07 Å². The van der Waals surface area contributed by atoms with E-state index in [-0.39, 0.29) is 17.4 Å². The molecule has 1 saturated heterocycles. The van der Waals surface area contributed by atoms with E-state index < -0.39 is 0 Å². The van der Waals surface area contributed by atoms with Crippen LogP contribution in [0.4, 0.5) is 0 Å². The van der Waals surface area contributed by atoms with Crippen LogP contribution in [0.2, 0.25) is 0 Å². The maximum absolute atomic E-state index is 9.44. The standard InChI is InChI=1S/C14H26N2O/c1-13(2,6-4-8-15)10-16-9-5-7-14(3,11-16)12-17/h17H,4-7,9-12H2,1-3H3. The summed E-state index contributed by atoms with van der Waals surface area (Å²) < 4.78 is 0. The van der Waals surface area contributed by atoms with Crippen molar-refractivity contribution in [2.45, 2.75) is 46.5 Å². The summed E-state index contributed by atoms with van der Waals surface area (Å²) in [6.07, 6.45) is 3.89. The molecule has 0 aliphatic carbocycles. The maximum Gasteiger partial charge on any atom is 0.0621 e. The van der Waals surface area contributed by atoms with Crippen molar-refractivity contribution in [1.82, 2.24) is 4.90 Å². The van der Waals surface area contributed by atoms with Crippen molar-refractivity contribution in [3.05, 3.63) is 0 Å². The van der Waals surface area contributed by atoms with E-state index in [1.165, 1.54) is 6.42 Å². The van der Waals surface area contributed by atoms with Crippen molar-refractivity contribution in [1.29, 1.82) is 5.26 Å². The van der Waals surface area contributed by atoms with Crippen molar-refractivity contribution in [2.75, 3.05) is 26.2 Å². The Morgan fingerprint density at radius 3 is 2.76 bits per heavy atom. The summed E-state index contributed by atoms with van der Waals surface area (Å²) >= 11 is 0. The SMILES string of the molecule is CC(C)(CCC#N)CN1CCCC(C)(CO)C1. The highest BCUT2D eigenvalue weighted by molar-refractivity contribution is 4.86. The fraction of sp³-hybridized carbons (Fsp3) is 0.929. The molecule has 0 amide bonds. The first-order valence-electron chi connectivity index (χ1n) is 6.61. The first kappa shape index (κ1) is 14.5. The number of aliphatic hydroxyl groups is 1. The highest BCUT2D eigenvalue weighted by atomic mass is 16.3.